The maximum atomic E-state index is 12.6. The first-order chi connectivity index (χ1) is 14.6. The monoisotopic (exact) mass is 428 g/mol. The normalized spacial score (nSPS) is 10.8. The second kappa shape index (κ2) is 9.80. The quantitative estimate of drug-likeness (QED) is 0.434. The Morgan fingerprint density at radius 2 is 1.93 bits per heavy atom. The van der Waals surface area contributed by atoms with E-state index in [1.54, 1.807) is 44.7 Å². The zero-order valence-corrected chi connectivity index (χ0v) is 17.5. The van der Waals surface area contributed by atoms with Crippen LogP contribution >= 0.6 is 11.6 Å². The number of methoxy groups -OCH3 is 2. The van der Waals surface area contributed by atoms with Crippen LogP contribution in [0.5, 0.6) is 17.2 Å². The maximum absolute atomic E-state index is 12.6. The van der Waals surface area contributed by atoms with Crippen LogP contribution in [0.25, 0.3) is 5.69 Å². The summed E-state index contributed by atoms with van der Waals surface area (Å²) in [7, 11) is 3.13. The Kier molecular flexibility index (Phi) is 6.92. The molecule has 0 amide bonds. The minimum Gasteiger partial charge on any atom is -0.497 e. The van der Waals surface area contributed by atoms with Crippen molar-refractivity contribution in [1.29, 1.82) is 0 Å². The Hall–Kier alpha value is -3.52. The number of hydrazone groups is 1. The molecule has 0 spiro atoms. The van der Waals surface area contributed by atoms with E-state index in [1.165, 1.54) is 10.9 Å². The van der Waals surface area contributed by atoms with Gasteiger partial charge in [-0.15, -0.1) is 0 Å². The van der Waals surface area contributed by atoms with Crippen LogP contribution in [0.1, 0.15) is 12.5 Å². The first-order valence-corrected chi connectivity index (χ1v) is 9.48. The number of anilines is 1. The number of nitrogens with one attached hydrogen (secondary N) is 1. The van der Waals surface area contributed by atoms with Crippen LogP contribution in [0.4, 0.5) is 5.69 Å². The molecule has 2 aromatic carbocycles. The van der Waals surface area contributed by atoms with Crippen LogP contribution in [0.15, 0.2) is 58.6 Å². The van der Waals surface area contributed by atoms with Crippen molar-refractivity contribution in [3.8, 4) is 22.9 Å². The van der Waals surface area contributed by atoms with Gasteiger partial charge in [0.15, 0.2) is 11.5 Å². The number of halogens is 1. The van der Waals surface area contributed by atoms with Crippen molar-refractivity contribution in [3.63, 3.8) is 0 Å². The number of hydrogen-bond acceptors (Lipinski definition) is 7. The number of benzene rings is 2. The first-order valence-electron chi connectivity index (χ1n) is 9.10. The number of ether oxygens (including phenoxy) is 3. The van der Waals surface area contributed by atoms with Gasteiger partial charge >= 0.3 is 0 Å². The standard InChI is InChI=1S/C21H21ClN4O4/c1-4-30-18-7-5-6-14(20(18)29-3)12-23-25-17-13-24-26(21(27)19(17)22)15-8-10-16(28-2)11-9-15/h5-13,25H,4H2,1-3H3/b23-12-. The molecule has 30 heavy (non-hydrogen) atoms. The first kappa shape index (κ1) is 21.2. The predicted molar refractivity (Wildman–Crippen MR) is 117 cm³/mol. The van der Waals surface area contributed by atoms with Gasteiger partial charge in [0, 0.05) is 5.56 Å². The Morgan fingerprint density at radius 1 is 1.17 bits per heavy atom. The molecule has 0 aliphatic carbocycles. The topological polar surface area (TPSA) is 87.0 Å². The Labute approximate surface area is 178 Å². The van der Waals surface area contributed by atoms with Crippen molar-refractivity contribution in [3.05, 3.63) is 69.6 Å². The molecule has 156 valence electrons. The van der Waals surface area contributed by atoms with Crippen LogP contribution < -0.4 is 25.2 Å². The number of nitrogens with zero attached hydrogens (tertiary/aromatic N) is 3. The van der Waals surface area contributed by atoms with Crippen LogP contribution in [-0.2, 0) is 0 Å². The molecule has 0 unspecified atom stereocenters. The second-order valence-corrected chi connectivity index (χ2v) is 6.35. The fourth-order valence-corrected chi connectivity index (χ4v) is 2.88. The van der Waals surface area contributed by atoms with Gasteiger partial charge in [-0.05, 0) is 43.3 Å². The highest BCUT2D eigenvalue weighted by molar-refractivity contribution is 6.32. The van der Waals surface area contributed by atoms with Crippen LogP contribution in [0, 0.1) is 0 Å². The van der Waals surface area contributed by atoms with Gasteiger partial charge in [0.25, 0.3) is 5.56 Å². The summed E-state index contributed by atoms with van der Waals surface area (Å²) < 4.78 is 17.3. The summed E-state index contributed by atoms with van der Waals surface area (Å²) in [4.78, 5) is 12.6. The van der Waals surface area contributed by atoms with E-state index in [9.17, 15) is 4.79 Å². The Balaban J connectivity index is 1.82. The molecule has 8 nitrogen and oxygen atoms in total. The zero-order valence-electron chi connectivity index (χ0n) is 16.8. The molecule has 1 aromatic heterocycles. The molecule has 0 saturated heterocycles. The number of hydrogen-bond donors (Lipinski definition) is 1. The van der Waals surface area contributed by atoms with E-state index < -0.39 is 5.56 Å². The second-order valence-electron chi connectivity index (χ2n) is 5.97. The minimum absolute atomic E-state index is 0.0343. The summed E-state index contributed by atoms with van der Waals surface area (Å²) >= 11 is 6.23. The lowest BCUT2D eigenvalue weighted by Crippen LogP contribution is -2.22. The molecule has 0 saturated carbocycles. The van der Waals surface area contributed by atoms with Gasteiger partial charge in [0.2, 0.25) is 0 Å². The molecule has 0 aliphatic rings. The van der Waals surface area contributed by atoms with Gasteiger partial charge < -0.3 is 14.2 Å². The third kappa shape index (κ3) is 4.55. The summed E-state index contributed by atoms with van der Waals surface area (Å²) in [6, 6.07) is 12.4. The van der Waals surface area contributed by atoms with E-state index >= 15 is 0 Å². The highest BCUT2D eigenvalue weighted by Gasteiger charge is 2.11. The van der Waals surface area contributed by atoms with E-state index in [4.69, 9.17) is 25.8 Å². The van der Waals surface area contributed by atoms with Crippen molar-refractivity contribution in [2.24, 2.45) is 5.10 Å². The van der Waals surface area contributed by atoms with Crippen LogP contribution in [-0.4, -0.2) is 36.8 Å². The minimum atomic E-state index is -0.474. The van der Waals surface area contributed by atoms with E-state index in [2.05, 4.69) is 15.6 Å². The van der Waals surface area contributed by atoms with Gasteiger partial charge in [-0.2, -0.15) is 14.9 Å². The van der Waals surface area contributed by atoms with Gasteiger partial charge in [0.1, 0.15) is 16.5 Å². The molecular weight excluding hydrogens is 408 g/mol. The molecule has 0 radical (unpaired) electrons. The fraction of sp³-hybridized carbons (Fsp3) is 0.190. The smallest absolute Gasteiger partial charge is 0.292 e. The Bertz CT molecular complexity index is 1100. The lowest BCUT2D eigenvalue weighted by Gasteiger charge is -2.11. The number of aromatic nitrogens is 2. The molecule has 1 heterocycles. The summed E-state index contributed by atoms with van der Waals surface area (Å²) in [6.45, 7) is 2.41. The van der Waals surface area contributed by atoms with Gasteiger partial charge in [-0.3, -0.25) is 10.2 Å². The lowest BCUT2D eigenvalue weighted by molar-refractivity contribution is 0.311. The molecule has 0 aliphatic heterocycles. The highest BCUT2D eigenvalue weighted by atomic mass is 35.5. The summed E-state index contributed by atoms with van der Waals surface area (Å²) in [5.41, 5.74) is 3.82. The van der Waals surface area contributed by atoms with E-state index in [0.717, 1.165) is 0 Å². The van der Waals surface area contributed by atoms with E-state index in [1.807, 2.05) is 25.1 Å². The van der Waals surface area contributed by atoms with Crippen molar-refractivity contribution in [2.45, 2.75) is 6.92 Å². The third-order valence-corrected chi connectivity index (χ3v) is 4.50. The van der Waals surface area contributed by atoms with Crippen molar-refractivity contribution < 1.29 is 14.2 Å². The maximum Gasteiger partial charge on any atom is 0.292 e. The fourth-order valence-electron chi connectivity index (χ4n) is 2.71. The van der Waals surface area contributed by atoms with Gasteiger partial charge in [0.05, 0.1) is 38.9 Å². The predicted octanol–water partition coefficient (Wildman–Crippen LogP) is 3.75. The third-order valence-electron chi connectivity index (χ3n) is 4.14. The largest absolute Gasteiger partial charge is 0.497 e. The molecular formula is C21H21ClN4O4. The van der Waals surface area contributed by atoms with Crippen molar-refractivity contribution in [1.82, 2.24) is 9.78 Å². The highest BCUT2D eigenvalue weighted by Crippen LogP contribution is 2.30. The van der Waals surface area contributed by atoms with Gasteiger partial charge in [-0.1, -0.05) is 17.7 Å². The summed E-state index contributed by atoms with van der Waals surface area (Å²) in [5.74, 6) is 1.85. The molecule has 1 N–H and O–H groups in total. The van der Waals surface area contributed by atoms with Crippen LogP contribution in [0.3, 0.4) is 0 Å². The molecule has 9 heteroatoms. The number of para-hydroxylation sites is 1. The molecule has 3 aromatic rings. The molecule has 0 fully saturated rings. The summed E-state index contributed by atoms with van der Waals surface area (Å²) in [6.07, 6.45) is 2.98. The average Bonchev–Trinajstić information content (AvgIpc) is 2.77. The number of rotatable bonds is 8. The Morgan fingerprint density at radius 3 is 2.60 bits per heavy atom. The van der Waals surface area contributed by atoms with Crippen LogP contribution in [0.2, 0.25) is 5.02 Å². The SMILES string of the molecule is CCOc1cccc(/C=N\Nc2cnn(-c3ccc(OC)cc3)c(=O)c2Cl)c1OC. The van der Waals surface area contributed by atoms with Crippen molar-refractivity contribution in [2.75, 3.05) is 26.3 Å². The zero-order chi connectivity index (χ0) is 21.5. The van der Waals surface area contributed by atoms with E-state index in [0.29, 0.717) is 35.1 Å². The van der Waals surface area contributed by atoms with Gasteiger partial charge in [-0.25, -0.2) is 0 Å². The average molecular weight is 429 g/mol. The molecule has 0 bridgehead atoms. The van der Waals surface area contributed by atoms with Crippen molar-refractivity contribution >= 4 is 23.5 Å². The molecule has 0 atom stereocenters. The van der Waals surface area contributed by atoms with E-state index in [-0.39, 0.29) is 10.7 Å². The lowest BCUT2D eigenvalue weighted by atomic mass is 10.2. The summed E-state index contributed by atoms with van der Waals surface area (Å²) in [5, 5.41) is 8.28. The molecule has 3 rings (SSSR count).